The fraction of sp³-hybridized carbons (Fsp3) is 0.382. The molecule has 3 N–H and O–H groups in total. The Labute approximate surface area is 411 Å². The van der Waals surface area contributed by atoms with E-state index in [1.807, 2.05) is 92.7 Å². The minimum Gasteiger partial charge on any atom is -0.493 e. The van der Waals surface area contributed by atoms with Crippen molar-refractivity contribution >= 4 is 62.2 Å². The summed E-state index contributed by atoms with van der Waals surface area (Å²) in [5.74, 6) is 1.99. The largest absolute Gasteiger partial charge is 0.493 e. The van der Waals surface area contributed by atoms with Crippen LogP contribution in [-0.4, -0.2) is 76.1 Å². The maximum Gasteiger partial charge on any atom is 0.259 e. The SMILES string of the molecule is CCC(=O)CCC(C)SSCCCC(=O)Nc1cc(COc2cc3c(cc2C)C(=O)N2c4ccccc4C[C@H]2C(O)C3)cc(COc2cc3c(cc2OC)C(=O)N2c4ccccc4C[C@H]2C(O)C3)c1. The summed E-state index contributed by atoms with van der Waals surface area (Å²) in [5.41, 5.74) is 8.98. The predicted octanol–water partition coefficient (Wildman–Crippen LogP) is 9.39. The van der Waals surface area contributed by atoms with E-state index in [-0.39, 0.29) is 55.2 Å². The van der Waals surface area contributed by atoms with Crippen molar-refractivity contribution in [3.05, 3.63) is 141 Å². The number of hydrogen-bond donors (Lipinski definition) is 3. The number of ketones is 1. The van der Waals surface area contributed by atoms with E-state index in [2.05, 4.69) is 12.2 Å². The van der Waals surface area contributed by atoms with Gasteiger partial charge in [-0.2, -0.15) is 0 Å². The molecular weight excluding hydrogens is 911 g/mol. The molecular formula is C55H59N3O9S2. The van der Waals surface area contributed by atoms with Crippen LogP contribution in [0.25, 0.3) is 0 Å². The molecule has 0 saturated heterocycles. The number of methoxy groups -OCH3 is 1. The molecule has 0 aromatic heterocycles. The van der Waals surface area contributed by atoms with Crippen molar-refractivity contribution in [2.45, 2.75) is 121 Å². The van der Waals surface area contributed by atoms with Crippen LogP contribution in [0, 0.1) is 6.92 Å². The molecule has 5 atom stereocenters. The summed E-state index contributed by atoms with van der Waals surface area (Å²) in [6.07, 6.45) is 3.19. The third-order valence-corrected chi connectivity index (χ3v) is 16.7. The maximum atomic E-state index is 14.1. The number of aliphatic hydroxyl groups is 2. The van der Waals surface area contributed by atoms with E-state index in [1.165, 1.54) is 7.11 Å². The normalized spacial score (nSPS) is 19.3. The molecule has 9 rings (SSSR count). The Morgan fingerprint density at radius 1 is 0.725 bits per heavy atom. The first kappa shape index (κ1) is 48.2. The van der Waals surface area contributed by atoms with Crippen molar-refractivity contribution < 1.29 is 43.6 Å². The number of rotatable bonds is 18. The quantitative estimate of drug-likeness (QED) is 0.0569. The van der Waals surface area contributed by atoms with Gasteiger partial charge < -0.3 is 39.5 Å². The van der Waals surface area contributed by atoms with Crippen molar-refractivity contribution in [3.8, 4) is 17.2 Å². The Morgan fingerprint density at radius 3 is 1.88 bits per heavy atom. The van der Waals surface area contributed by atoms with E-state index in [0.717, 1.165) is 56.9 Å². The number of Topliss-reactive ketones (excluding diaryl/α,β-unsaturated/α-hetero) is 1. The summed E-state index contributed by atoms with van der Waals surface area (Å²) in [7, 11) is 5.00. The predicted molar refractivity (Wildman–Crippen MR) is 272 cm³/mol. The van der Waals surface area contributed by atoms with E-state index in [4.69, 9.17) is 14.2 Å². The zero-order chi connectivity index (χ0) is 48.3. The molecule has 360 valence electrons. The van der Waals surface area contributed by atoms with Crippen LogP contribution < -0.4 is 29.3 Å². The molecule has 69 heavy (non-hydrogen) atoms. The van der Waals surface area contributed by atoms with Crippen LogP contribution in [0.15, 0.2) is 91.0 Å². The van der Waals surface area contributed by atoms with Gasteiger partial charge in [-0.25, -0.2) is 0 Å². The number of nitrogens with one attached hydrogen (secondary N) is 1. The van der Waals surface area contributed by atoms with Crippen LogP contribution in [0.2, 0.25) is 0 Å². The lowest BCUT2D eigenvalue weighted by Crippen LogP contribution is -2.43. The zero-order valence-electron chi connectivity index (χ0n) is 39.5. The van der Waals surface area contributed by atoms with Crippen molar-refractivity contribution in [3.63, 3.8) is 0 Å². The van der Waals surface area contributed by atoms with Crippen LogP contribution in [0.3, 0.4) is 0 Å². The first-order valence-corrected chi connectivity index (χ1v) is 26.3. The average Bonchev–Trinajstić information content (AvgIpc) is 3.89. The molecule has 3 amide bonds. The second-order valence-electron chi connectivity index (χ2n) is 18.6. The molecule has 0 fully saturated rings. The number of benzene rings is 5. The Bertz CT molecular complexity index is 2780. The molecule has 0 spiro atoms. The number of ether oxygens (including phenoxy) is 3. The van der Waals surface area contributed by atoms with Gasteiger partial charge in [-0.05, 0) is 126 Å². The Hall–Kier alpha value is -5.80. The molecule has 0 bridgehead atoms. The van der Waals surface area contributed by atoms with Crippen LogP contribution in [0.5, 0.6) is 17.2 Å². The molecule has 4 aliphatic rings. The zero-order valence-corrected chi connectivity index (χ0v) is 41.1. The van der Waals surface area contributed by atoms with Gasteiger partial charge in [0.25, 0.3) is 11.8 Å². The lowest BCUT2D eigenvalue weighted by molar-refractivity contribution is -0.119. The van der Waals surface area contributed by atoms with Gasteiger partial charge in [0.05, 0.1) is 31.4 Å². The number of nitrogens with zero attached hydrogens (tertiary/aromatic N) is 2. The molecule has 4 aliphatic heterocycles. The monoisotopic (exact) mass is 969 g/mol. The van der Waals surface area contributed by atoms with Crippen molar-refractivity contribution in [2.24, 2.45) is 0 Å². The Morgan fingerprint density at radius 2 is 1.29 bits per heavy atom. The first-order chi connectivity index (χ1) is 33.4. The van der Waals surface area contributed by atoms with Gasteiger partial charge in [-0.1, -0.05) is 71.8 Å². The van der Waals surface area contributed by atoms with E-state index in [9.17, 15) is 29.4 Å². The van der Waals surface area contributed by atoms with Crippen LogP contribution in [0.4, 0.5) is 17.1 Å². The number of amides is 3. The number of aliphatic hydroxyl groups excluding tert-OH is 2. The molecule has 0 saturated carbocycles. The third-order valence-electron chi connectivity index (χ3n) is 13.7. The number of anilines is 3. The minimum atomic E-state index is -0.793. The van der Waals surface area contributed by atoms with Crippen LogP contribution in [-0.2, 0) is 48.5 Å². The van der Waals surface area contributed by atoms with Gasteiger partial charge in [0.2, 0.25) is 5.91 Å². The number of carbonyl (C=O) groups excluding carboxylic acids is 4. The van der Waals surface area contributed by atoms with Gasteiger partial charge in [-0.3, -0.25) is 19.2 Å². The number of carbonyl (C=O) groups is 4. The highest BCUT2D eigenvalue weighted by Gasteiger charge is 2.43. The van der Waals surface area contributed by atoms with E-state index in [0.29, 0.717) is 89.8 Å². The highest BCUT2D eigenvalue weighted by molar-refractivity contribution is 8.76. The Balaban J connectivity index is 0.924. The van der Waals surface area contributed by atoms with Crippen LogP contribution >= 0.6 is 21.6 Å². The first-order valence-electron chi connectivity index (χ1n) is 23.9. The lowest BCUT2D eigenvalue weighted by atomic mass is 9.96. The smallest absolute Gasteiger partial charge is 0.259 e. The fourth-order valence-electron chi connectivity index (χ4n) is 10.0. The van der Waals surface area contributed by atoms with Gasteiger partial charge in [0.1, 0.15) is 24.7 Å². The highest BCUT2D eigenvalue weighted by Crippen LogP contribution is 2.42. The topological polar surface area (TPSA) is 155 Å². The molecule has 4 heterocycles. The van der Waals surface area contributed by atoms with E-state index in [1.54, 1.807) is 43.5 Å². The van der Waals surface area contributed by atoms with Crippen molar-refractivity contribution in [2.75, 3.05) is 28.0 Å². The summed E-state index contributed by atoms with van der Waals surface area (Å²) >= 11 is 0. The molecule has 0 radical (unpaired) electrons. The molecule has 0 aliphatic carbocycles. The molecule has 3 unspecified atom stereocenters. The Kier molecular flexibility index (Phi) is 14.7. The summed E-state index contributed by atoms with van der Waals surface area (Å²) in [6.45, 7) is 6.14. The van der Waals surface area contributed by atoms with Gasteiger partial charge in [0, 0.05) is 71.3 Å². The van der Waals surface area contributed by atoms with Crippen molar-refractivity contribution in [1.82, 2.24) is 0 Å². The average molecular weight is 970 g/mol. The summed E-state index contributed by atoms with van der Waals surface area (Å²) in [5, 5.41) is 26.3. The summed E-state index contributed by atoms with van der Waals surface area (Å²) in [6, 6.07) is 27.7. The molecule has 14 heteroatoms. The molecule has 12 nitrogen and oxygen atoms in total. The van der Waals surface area contributed by atoms with Crippen molar-refractivity contribution in [1.29, 1.82) is 0 Å². The fourth-order valence-corrected chi connectivity index (χ4v) is 12.5. The highest BCUT2D eigenvalue weighted by atomic mass is 33.1. The third kappa shape index (κ3) is 10.4. The maximum absolute atomic E-state index is 14.1. The lowest BCUT2D eigenvalue weighted by Gasteiger charge is -2.26. The van der Waals surface area contributed by atoms with Crippen LogP contribution in [0.1, 0.15) is 106 Å². The number of para-hydroxylation sites is 2. The van der Waals surface area contributed by atoms with Gasteiger partial charge >= 0.3 is 0 Å². The second kappa shape index (κ2) is 21.1. The van der Waals surface area contributed by atoms with E-state index >= 15 is 0 Å². The minimum absolute atomic E-state index is 0.0824. The number of fused-ring (bicyclic) bond motifs is 8. The van der Waals surface area contributed by atoms with E-state index < -0.39 is 12.2 Å². The molecule has 5 aromatic rings. The summed E-state index contributed by atoms with van der Waals surface area (Å²) in [4.78, 5) is 56.8. The number of aryl methyl sites for hydroxylation is 1. The number of hydrogen-bond acceptors (Lipinski definition) is 11. The standard InChI is InChI=1S/C55H59N3O9S2/c1-5-41(59)17-16-33(3)69-68-18-10-15-53(62)56-40-21-34(30-66-50-27-38-25-48(60)46-23-36-11-6-8-13-44(36)57(46)54(63)42(38)19-32(50)2)20-35(22-40)31-67-52-28-39-26-49(61)47-24-37-12-7-9-14-45(37)58(47)55(64)43(39)29-51(52)65-4/h6-9,11-14,19-22,27-29,33,46-49,60-61H,5,10,15-18,23-26,30-31H2,1-4H3,(H,56,62)/t33?,46-,47-,48?,49?/m0/s1. The van der Waals surface area contributed by atoms with Gasteiger partial charge in [0.15, 0.2) is 11.5 Å². The second-order valence-corrected chi connectivity index (χ2v) is 21.5. The summed E-state index contributed by atoms with van der Waals surface area (Å²) < 4.78 is 18.8. The molecule has 5 aromatic carbocycles. The van der Waals surface area contributed by atoms with Gasteiger partial charge in [-0.15, -0.1) is 0 Å².